The van der Waals surface area contributed by atoms with Crippen LogP contribution in [0.25, 0.3) is 0 Å². The van der Waals surface area contributed by atoms with Crippen molar-refractivity contribution in [1.82, 2.24) is 0 Å². The first-order valence-electron chi connectivity index (χ1n) is 1.46. The van der Waals surface area contributed by atoms with Crippen LogP contribution >= 0.6 is 0 Å². The van der Waals surface area contributed by atoms with E-state index in [0.717, 1.165) is 11.8 Å². The molecular formula is C4H4O. The van der Waals surface area contributed by atoms with E-state index in [9.17, 15) is 0 Å². The maximum Gasteiger partial charge on any atom is 0.0864 e. The van der Waals surface area contributed by atoms with E-state index in [1.54, 1.807) is 0 Å². The van der Waals surface area contributed by atoms with Gasteiger partial charge < -0.3 is 5.11 Å². The Morgan fingerprint density at radius 2 is 2.20 bits per heavy atom. The van der Waals surface area contributed by atoms with E-state index >= 15 is 0 Å². The van der Waals surface area contributed by atoms with Gasteiger partial charge in [-0.25, -0.2) is 0 Å². The maximum absolute atomic E-state index is 7.98. The summed E-state index contributed by atoms with van der Waals surface area (Å²) in [5, 5.41) is 7.98. The van der Waals surface area contributed by atoms with Gasteiger partial charge in [0.1, 0.15) is 0 Å². The minimum absolute atomic E-state index is 0.935. The van der Waals surface area contributed by atoms with E-state index in [0.29, 0.717) is 0 Å². The summed E-state index contributed by atoms with van der Waals surface area (Å²) in [6, 6.07) is 0. The number of hydrogen-bond acceptors (Lipinski definition) is 1. The molecule has 0 bridgehead atoms. The first kappa shape index (κ1) is 2.51. The van der Waals surface area contributed by atoms with E-state index in [1.165, 1.54) is 0 Å². The lowest BCUT2D eigenvalue weighted by molar-refractivity contribution is 0.472. The molecule has 1 heteroatoms. The largest absolute Gasteiger partial charge is 0.515 e. The number of aliphatic hydroxyl groups is 1. The van der Waals surface area contributed by atoms with Gasteiger partial charge in [0.25, 0.3) is 0 Å². The van der Waals surface area contributed by atoms with E-state index < -0.39 is 0 Å². The Labute approximate surface area is 30.2 Å². The predicted molar refractivity (Wildman–Crippen MR) is 19.9 cm³/mol. The van der Waals surface area contributed by atoms with E-state index in [4.69, 9.17) is 5.11 Å². The van der Waals surface area contributed by atoms with Crippen LogP contribution < -0.4 is 0 Å². The molecule has 1 N–H and O–H groups in total. The van der Waals surface area contributed by atoms with E-state index in [-0.39, 0.29) is 0 Å². The molecule has 0 heterocycles. The molecule has 1 aliphatic carbocycles. The molecule has 0 aliphatic heterocycles. The van der Waals surface area contributed by atoms with Gasteiger partial charge in [0, 0.05) is 5.57 Å². The van der Waals surface area contributed by atoms with Crippen LogP contribution in [0.2, 0.25) is 0 Å². The molecule has 0 aromatic heterocycles. The summed E-state index contributed by atoms with van der Waals surface area (Å²) in [6.45, 7) is 0. The molecule has 0 atom stereocenters. The van der Waals surface area contributed by atoms with E-state index in [1.807, 2.05) is 12.2 Å². The zero-order valence-electron chi connectivity index (χ0n) is 2.68. The van der Waals surface area contributed by atoms with Crippen molar-refractivity contribution in [1.29, 1.82) is 0 Å². The first-order chi connectivity index (χ1) is 2.43. The molecule has 0 aromatic carbocycles. The third kappa shape index (κ3) is 0.293. The average molecular weight is 68.1 g/mol. The number of rotatable bonds is 0. The smallest absolute Gasteiger partial charge is 0.0864 e. The molecular weight excluding hydrogens is 64.0 g/mol. The highest BCUT2D eigenvalue weighted by atomic mass is 16.2. The Hall–Kier alpha value is -0.720. The van der Waals surface area contributed by atoms with Crippen molar-refractivity contribution in [3.05, 3.63) is 24.0 Å². The summed E-state index contributed by atoms with van der Waals surface area (Å²) in [6.07, 6.45) is 4.75. The number of hydrogen-bond donors (Lipinski definition) is 1. The third-order valence-electron chi connectivity index (χ3n) is 0.508. The van der Waals surface area contributed by atoms with Gasteiger partial charge in [0.2, 0.25) is 0 Å². The minimum Gasteiger partial charge on any atom is -0.515 e. The highest BCUT2D eigenvalue weighted by Gasteiger charge is 1.93. The van der Waals surface area contributed by atoms with Crippen molar-refractivity contribution in [2.45, 2.75) is 0 Å². The van der Waals surface area contributed by atoms with Crippen LogP contribution in [0.15, 0.2) is 24.0 Å². The highest BCUT2D eigenvalue weighted by Crippen LogP contribution is 2.10. The number of aliphatic hydroxyl groups excluding tert-OH is 1. The zero-order valence-corrected chi connectivity index (χ0v) is 2.68. The average Bonchev–Trinajstić information content (AvgIpc) is 2.12. The van der Waals surface area contributed by atoms with Crippen molar-refractivity contribution in [2.24, 2.45) is 0 Å². The van der Waals surface area contributed by atoms with Crippen molar-refractivity contribution >= 4 is 0 Å². The molecule has 0 saturated heterocycles. The predicted octanol–water partition coefficient (Wildman–Crippen LogP) is 0.998. The van der Waals surface area contributed by atoms with Gasteiger partial charge >= 0.3 is 0 Å². The summed E-state index contributed by atoms with van der Waals surface area (Å²) in [5.74, 6) is 0. The highest BCUT2D eigenvalue weighted by molar-refractivity contribution is 5.44. The Morgan fingerprint density at radius 1 is 1.60 bits per heavy atom. The molecule has 0 saturated carbocycles. The van der Waals surface area contributed by atoms with Gasteiger partial charge in [-0.2, -0.15) is 0 Å². The Balaban J connectivity index is 2.54. The molecule has 5 heavy (non-hydrogen) atoms. The van der Waals surface area contributed by atoms with Crippen LogP contribution in [-0.4, -0.2) is 5.11 Å². The molecule has 26 valence electrons. The maximum atomic E-state index is 7.98. The van der Waals surface area contributed by atoms with Crippen molar-refractivity contribution in [3.63, 3.8) is 0 Å². The second kappa shape index (κ2) is 0.612. The summed E-state index contributed by atoms with van der Waals surface area (Å²) in [5.41, 5.74) is 0.935. The van der Waals surface area contributed by atoms with Crippen LogP contribution in [0.5, 0.6) is 0 Å². The standard InChI is InChI=1S/C4H4O/c5-3-4-1-2-4/h1-3,5H. The topological polar surface area (TPSA) is 20.2 Å². The van der Waals surface area contributed by atoms with Gasteiger partial charge in [0.15, 0.2) is 0 Å². The van der Waals surface area contributed by atoms with Crippen LogP contribution in [0.3, 0.4) is 0 Å². The van der Waals surface area contributed by atoms with Gasteiger partial charge in [-0.15, -0.1) is 0 Å². The van der Waals surface area contributed by atoms with Crippen molar-refractivity contribution in [3.8, 4) is 0 Å². The first-order valence-corrected chi connectivity index (χ1v) is 1.46. The third-order valence-corrected chi connectivity index (χ3v) is 0.508. The summed E-state index contributed by atoms with van der Waals surface area (Å²) >= 11 is 0. The second-order valence-electron chi connectivity index (χ2n) is 0.962. The van der Waals surface area contributed by atoms with Crippen molar-refractivity contribution < 1.29 is 5.11 Å². The zero-order chi connectivity index (χ0) is 3.70. The van der Waals surface area contributed by atoms with Crippen LogP contribution in [0.4, 0.5) is 0 Å². The van der Waals surface area contributed by atoms with Gasteiger partial charge in [-0.1, -0.05) is 12.2 Å². The SMILES string of the molecule is OC=C1C=C1. The summed E-state index contributed by atoms with van der Waals surface area (Å²) in [7, 11) is 0. The molecule has 0 aromatic rings. The lowest BCUT2D eigenvalue weighted by Crippen LogP contribution is -1.43. The quantitative estimate of drug-likeness (QED) is 0.420. The minimum atomic E-state index is 0.935. The molecule has 1 nitrogen and oxygen atoms in total. The fourth-order valence-corrected chi connectivity index (χ4v) is 0.134. The van der Waals surface area contributed by atoms with Gasteiger partial charge in [-0.3, -0.25) is 0 Å². The molecule has 1 aliphatic rings. The van der Waals surface area contributed by atoms with Gasteiger partial charge in [-0.05, 0) is 0 Å². The molecule has 0 spiro atoms. The van der Waals surface area contributed by atoms with Crippen LogP contribution in [0, 0.1) is 0 Å². The monoisotopic (exact) mass is 68.0 g/mol. The Morgan fingerprint density at radius 3 is 2.20 bits per heavy atom. The molecule has 0 amide bonds. The number of allylic oxidation sites excluding steroid dienone is 3. The molecule has 0 fully saturated rings. The second-order valence-corrected chi connectivity index (χ2v) is 0.962. The van der Waals surface area contributed by atoms with Crippen molar-refractivity contribution in [2.75, 3.05) is 0 Å². The van der Waals surface area contributed by atoms with Crippen LogP contribution in [-0.2, 0) is 0 Å². The lowest BCUT2D eigenvalue weighted by Gasteiger charge is -1.58. The molecule has 0 radical (unpaired) electrons. The normalized spacial score (nSPS) is 15.6. The lowest BCUT2D eigenvalue weighted by atomic mass is 10.6. The van der Waals surface area contributed by atoms with Gasteiger partial charge in [0.05, 0.1) is 6.26 Å². The van der Waals surface area contributed by atoms with Crippen LogP contribution in [0.1, 0.15) is 0 Å². The fourth-order valence-electron chi connectivity index (χ4n) is 0.134. The van der Waals surface area contributed by atoms with E-state index in [2.05, 4.69) is 0 Å². The molecule has 0 unspecified atom stereocenters. The fraction of sp³-hybridized carbons (Fsp3) is 0. The Bertz CT molecular complexity index is 81.8. The summed E-state index contributed by atoms with van der Waals surface area (Å²) < 4.78 is 0. The summed E-state index contributed by atoms with van der Waals surface area (Å²) in [4.78, 5) is 0. The Kier molecular flexibility index (Phi) is 0.307. The molecule has 1 rings (SSSR count).